The molecule has 1 fully saturated rings. The minimum absolute atomic E-state index is 0.0816. The van der Waals surface area contributed by atoms with Crippen molar-refractivity contribution in [3.8, 4) is 0 Å². The summed E-state index contributed by atoms with van der Waals surface area (Å²) in [6.07, 6.45) is 3.24. The topological polar surface area (TPSA) is 27.7 Å². The van der Waals surface area contributed by atoms with Gasteiger partial charge in [0.05, 0.1) is 11.7 Å². The van der Waals surface area contributed by atoms with Crippen molar-refractivity contribution in [3.63, 3.8) is 0 Å². The molecule has 1 rings (SSSR count). The van der Waals surface area contributed by atoms with Crippen molar-refractivity contribution in [2.24, 2.45) is 5.92 Å². The largest absolute Gasteiger partial charge is 0.376 e. The Hall–Kier alpha value is -0.120. The van der Waals surface area contributed by atoms with Crippen molar-refractivity contribution in [1.29, 1.82) is 0 Å². The van der Waals surface area contributed by atoms with Crippen LogP contribution in [-0.4, -0.2) is 32.2 Å². The van der Waals surface area contributed by atoms with E-state index in [0.29, 0.717) is 5.92 Å². The van der Waals surface area contributed by atoms with E-state index in [-0.39, 0.29) is 18.0 Å². The van der Waals surface area contributed by atoms with Gasteiger partial charge >= 0.3 is 0 Å². The van der Waals surface area contributed by atoms with E-state index in [1.54, 1.807) is 14.2 Å². The van der Waals surface area contributed by atoms with E-state index in [9.17, 15) is 0 Å². The summed E-state index contributed by atoms with van der Waals surface area (Å²) in [6.45, 7) is 6.39. The fourth-order valence-corrected chi connectivity index (χ4v) is 1.98. The zero-order valence-corrected chi connectivity index (χ0v) is 10.6. The SMILES string of the molecule is COC1CC(C)CCC(C(C)(C)OC)O1. The average molecular weight is 216 g/mol. The second kappa shape index (κ2) is 5.28. The average Bonchev–Trinajstić information content (AvgIpc) is 2.40. The van der Waals surface area contributed by atoms with Crippen molar-refractivity contribution in [3.05, 3.63) is 0 Å². The summed E-state index contributed by atoms with van der Waals surface area (Å²) in [5.74, 6) is 0.660. The molecule has 90 valence electrons. The van der Waals surface area contributed by atoms with E-state index in [1.807, 2.05) is 0 Å². The Kier molecular flexibility index (Phi) is 4.56. The third-order valence-electron chi connectivity index (χ3n) is 3.40. The molecule has 3 unspecified atom stereocenters. The van der Waals surface area contributed by atoms with Gasteiger partial charge in [0, 0.05) is 20.6 Å². The van der Waals surface area contributed by atoms with Gasteiger partial charge in [0.1, 0.15) is 0 Å². The molecule has 15 heavy (non-hydrogen) atoms. The van der Waals surface area contributed by atoms with E-state index >= 15 is 0 Å². The van der Waals surface area contributed by atoms with E-state index in [4.69, 9.17) is 14.2 Å². The maximum atomic E-state index is 5.94. The van der Waals surface area contributed by atoms with Crippen LogP contribution in [0.25, 0.3) is 0 Å². The highest BCUT2D eigenvalue weighted by Crippen LogP contribution is 2.30. The molecule has 3 nitrogen and oxygen atoms in total. The second-order valence-electron chi connectivity index (χ2n) is 5.02. The summed E-state index contributed by atoms with van der Waals surface area (Å²) >= 11 is 0. The van der Waals surface area contributed by atoms with E-state index in [2.05, 4.69) is 20.8 Å². The molecule has 1 heterocycles. The van der Waals surface area contributed by atoms with Crippen molar-refractivity contribution in [2.45, 2.75) is 58.0 Å². The van der Waals surface area contributed by atoms with Crippen LogP contribution in [-0.2, 0) is 14.2 Å². The smallest absolute Gasteiger partial charge is 0.157 e. The molecule has 0 radical (unpaired) electrons. The Morgan fingerprint density at radius 3 is 2.40 bits per heavy atom. The molecule has 3 heteroatoms. The van der Waals surface area contributed by atoms with Crippen molar-refractivity contribution < 1.29 is 14.2 Å². The van der Waals surface area contributed by atoms with Crippen LogP contribution in [0.1, 0.15) is 40.0 Å². The van der Waals surface area contributed by atoms with Gasteiger partial charge < -0.3 is 14.2 Å². The Morgan fingerprint density at radius 1 is 1.20 bits per heavy atom. The van der Waals surface area contributed by atoms with Gasteiger partial charge in [0.15, 0.2) is 6.29 Å². The molecule has 0 aromatic carbocycles. The highest BCUT2D eigenvalue weighted by molar-refractivity contribution is 4.83. The summed E-state index contributed by atoms with van der Waals surface area (Å²) in [4.78, 5) is 0. The van der Waals surface area contributed by atoms with Gasteiger partial charge in [-0.25, -0.2) is 0 Å². The number of methoxy groups -OCH3 is 2. The third-order valence-corrected chi connectivity index (χ3v) is 3.40. The predicted molar refractivity (Wildman–Crippen MR) is 59.8 cm³/mol. The maximum Gasteiger partial charge on any atom is 0.157 e. The van der Waals surface area contributed by atoms with Gasteiger partial charge in [-0.05, 0) is 32.6 Å². The van der Waals surface area contributed by atoms with Crippen LogP contribution < -0.4 is 0 Å². The molecule has 0 saturated carbocycles. The number of hydrogen-bond donors (Lipinski definition) is 0. The van der Waals surface area contributed by atoms with Gasteiger partial charge in [-0.15, -0.1) is 0 Å². The van der Waals surface area contributed by atoms with Crippen LogP contribution in [0.15, 0.2) is 0 Å². The molecule has 0 N–H and O–H groups in total. The molecule has 1 aliphatic rings. The molecule has 0 aromatic rings. The fraction of sp³-hybridized carbons (Fsp3) is 1.00. The lowest BCUT2D eigenvalue weighted by Crippen LogP contribution is -2.41. The molecular weight excluding hydrogens is 192 g/mol. The highest BCUT2D eigenvalue weighted by atomic mass is 16.7. The van der Waals surface area contributed by atoms with Gasteiger partial charge in [-0.3, -0.25) is 0 Å². The molecule has 0 aromatic heterocycles. The summed E-state index contributed by atoms with van der Waals surface area (Å²) in [5.41, 5.74) is -0.235. The highest BCUT2D eigenvalue weighted by Gasteiger charge is 2.35. The minimum Gasteiger partial charge on any atom is -0.376 e. The molecule has 0 bridgehead atoms. The summed E-state index contributed by atoms with van der Waals surface area (Å²) in [6, 6.07) is 0. The Morgan fingerprint density at radius 2 is 1.87 bits per heavy atom. The molecule has 3 atom stereocenters. The van der Waals surface area contributed by atoms with E-state index in [1.165, 1.54) is 6.42 Å². The molecular formula is C12H24O3. The Labute approximate surface area is 93.1 Å². The lowest BCUT2D eigenvalue weighted by molar-refractivity contribution is -0.203. The van der Waals surface area contributed by atoms with Crippen LogP contribution in [0.3, 0.4) is 0 Å². The molecule has 1 aliphatic heterocycles. The number of rotatable bonds is 3. The van der Waals surface area contributed by atoms with Crippen molar-refractivity contribution >= 4 is 0 Å². The first kappa shape index (κ1) is 12.9. The first-order chi connectivity index (χ1) is 6.99. The van der Waals surface area contributed by atoms with E-state index in [0.717, 1.165) is 12.8 Å². The monoisotopic (exact) mass is 216 g/mol. The van der Waals surface area contributed by atoms with Crippen molar-refractivity contribution in [1.82, 2.24) is 0 Å². The lowest BCUT2D eigenvalue weighted by Gasteiger charge is -2.33. The van der Waals surface area contributed by atoms with Crippen molar-refractivity contribution in [2.75, 3.05) is 14.2 Å². The molecule has 0 spiro atoms. The maximum absolute atomic E-state index is 5.94. The fourth-order valence-electron chi connectivity index (χ4n) is 1.98. The third kappa shape index (κ3) is 3.44. The number of ether oxygens (including phenoxy) is 3. The summed E-state index contributed by atoms with van der Waals surface area (Å²) in [7, 11) is 3.44. The number of hydrogen-bond acceptors (Lipinski definition) is 3. The molecule has 0 amide bonds. The Bertz CT molecular complexity index is 191. The van der Waals surface area contributed by atoms with Crippen LogP contribution in [0.4, 0.5) is 0 Å². The van der Waals surface area contributed by atoms with Crippen LogP contribution in [0.2, 0.25) is 0 Å². The lowest BCUT2D eigenvalue weighted by atomic mass is 9.94. The predicted octanol–water partition coefficient (Wildman–Crippen LogP) is 2.59. The normalized spacial score (nSPS) is 33.8. The summed E-state index contributed by atoms with van der Waals surface area (Å²) in [5, 5.41) is 0. The first-order valence-corrected chi connectivity index (χ1v) is 5.73. The van der Waals surface area contributed by atoms with Gasteiger partial charge in [0.25, 0.3) is 0 Å². The zero-order valence-electron chi connectivity index (χ0n) is 10.6. The van der Waals surface area contributed by atoms with Crippen LogP contribution in [0.5, 0.6) is 0 Å². The van der Waals surface area contributed by atoms with Gasteiger partial charge in [-0.1, -0.05) is 6.92 Å². The molecule has 1 saturated heterocycles. The van der Waals surface area contributed by atoms with Gasteiger partial charge in [-0.2, -0.15) is 0 Å². The van der Waals surface area contributed by atoms with Crippen LogP contribution in [0, 0.1) is 5.92 Å². The summed E-state index contributed by atoms with van der Waals surface area (Å²) < 4.78 is 16.8. The second-order valence-corrected chi connectivity index (χ2v) is 5.02. The Balaban J connectivity index is 2.65. The quantitative estimate of drug-likeness (QED) is 0.725. The van der Waals surface area contributed by atoms with Gasteiger partial charge in [0.2, 0.25) is 0 Å². The minimum atomic E-state index is -0.235. The molecule has 0 aliphatic carbocycles. The van der Waals surface area contributed by atoms with Crippen LogP contribution >= 0.6 is 0 Å². The first-order valence-electron chi connectivity index (χ1n) is 5.73. The van der Waals surface area contributed by atoms with E-state index < -0.39 is 0 Å². The standard InChI is InChI=1S/C12H24O3/c1-9-6-7-10(12(2,3)14-5)15-11(8-9)13-4/h9-11H,6-8H2,1-5H3. The zero-order chi connectivity index (χ0) is 11.5.